The molecule has 1 unspecified atom stereocenters. The standard InChI is InChI=1S/C14H18ClFN2O/c1-2-5-14(6-7-17-9-14)13(19)18-12-4-3-10(16)8-11(12)15/h3-4,8,17H,2,5-7,9H2,1H3,(H,18,19). The van der Waals surface area contributed by atoms with Crippen molar-refractivity contribution in [2.75, 3.05) is 18.4 Å². The van der Waals surface area contributed by atoms with E-state index < -0.39 is 5.82 Å². The molecule has 1 heterocycles. The Morgan fingerprint density at radius 2 is 2.37 bits per heavy atom. The maximum Gasteiger partial charge on any atom is 0.231 e. The number of anilines is 1. The van der Waals surface area contributed by atoms with E-state index in [0.29, 0.717) is 12.2 Å². The molecule has 1 atom stereocenters. The Kier molecular flexibility index (Phi) is 4.42. The monoisotopic (exact) mass is 284 g/mol. The van der Waals surface area contributed by atoms with Crippen molar-refractivity contribution in [2.45, 2.75) is 26.2 Å². The zero-order valence-corrected chi connectivity index (χ0v) is 11.7. The summed E-state index contributed by atoms with van der Waals surface area (Å²) in [5.74, 6) is -0.443. The van der Waals surface area contributed by atoms with E-state index in [9.17, 15) is 9.18 Å². The molecule has 1 aliphatic heterocycles. The van der Waals surface area contributed by atoms with Crippen LogP contribution in [-0.4, -0.2) is 19.0 Å². The minimum Gasteiger partial charge on any atom is -0.324 e. The first-order valence-electron chi connectivity index (χ1n) is 6.54. The van der Waals surface area contributed by atoms with Crippen molar-refractivity contribution in [2.24, 2.45) is 5.41 Å². The van der Waals surface area contributed by atoms with Crippen molar-refractivity contribution in [3.05, 3.63) is 29.0 Å². The fourth-order valence-corrected chi connectivity index (χ4v) is 2.80. The van der Waals surface area contributed by atoms with Gasteiger partial charge in [0.1, 0.15) is 5.82 Å². The molecule has 1 aromatic carbocycles. The second-order valence-corrected chi connectivity index (χ2v) is 5.44. The Morgan fingerprint density at radius 3 is 2.95 bits per heavy atom. The van der Waals surface area contributed by atoms with Crippen molar-refractivity contribution in [1.29, 1.82) is 0 Å². The Bertz CT molecular complexity index is 473. The van der Waals surface area contributed by atoms with Crippen molar-refractivity contribution in [3.8, 4) is 0 Å². The minimum atomic E-state index is -0.409. The summed E-state index contributed by atoms with van der Waals surface area (Å²) < 4.78 is 13.0. The fraction of sp³-hybridized carbons (Fsp3) is 0.500. The highest BCUT2D eigenvalue weighted by Gasteiger charge is 2.40. The Balaban J connectivity index is 2.15. The lowest BCUT2D eigenvalue weighted by atomic mass is 9.81. The molecule has 0 radical (unpaired) electrons. The normalized spacial score (nSPS) is 22.5. The van der Waals surface area contributed by atoms with Gasteiger partial charge in [0.05, 0.1) is 16.1 Å². The van der Waals surface area contributed by atoms with Crippen LogP contribution in [0.25, 0.3) is 0 Å². The van der Waals surface area contributed by atoms with Crippen molar-refractivity contribution in [3.63, 3.8) is 0 Å². The van der Waals surface area contributed by atoms with E-state index in [1.165, 1.54) is 18.2 Å². The van der Waals surface area contributed by atoms with Crippen LogP contribution >= 0.6 is 11.6 Å². The average molecular weight is 285 g/mol. The molecular weight excluding hydrogens is 267 g/mol. The Morgan fingerprint density at radius 1 is 1.58 bits per heavy atom. The minimum absolute atomic E-state index is 0.0344. The number of halogens is 2. The molecule has 1 fully saturated rings. The zero-order chi connectivity index (χ0) is 13.9. The molecular formula is C14H18ClFN2O. The van der Waals surface area contributed by atoms with Gasteiger partial charge in [0.15, 0.2) is 0 Å². The van der Waals surface area contributed by atoms with Gasteiger partial charge in [-0.25, -0.2) is 4.39 Å². The molecule has 1 saturated heterocycles. The van der Waals surface area contributed by atoms with Gasteiger partial charge in [-0.3, -0.25) is 4.79 Å². The van der Waals surface area contributed by atoms with Crippen LogP contribution in [0.15, 0.2) is 18.2 Å². The summed E-state index contributed by atoms with van der Waals surface area (Å²) in [4.78, 5) is 12.5. The summed E-state index contributed by atoms with van der Waals surface area (Å²) in [6, 6.07) is 4.00. The Labute approximate surface area is 117 Å². The predicted octanol–water partition coefficient (Wildman–Crippen LogP) is 3.20. The van der Waals surface area contributed by atoms with Gasteiger partial charge < -0.3 is 10.6 Å². The lowest BCUT2D eigenvalue weighted by Gasteiger charge is -2.26. The second kappa shape index (κ2) is 5.88. The van der Waals surface area contributed by atoms with E-state index in [1.54, 1.807) is 0 Å². The van der Waals surface area contributed by atoms with Crippen LogP contribution in [0.5, 0.6) is 0 Å². The molecule has 1 amide bonds. The number of carbonyl (C=O) groups is 1. The van der Waals surface area contributed by atoms with Gasteiger partial charge in [0.25, 0.3) is 0 Å². The van der Waals surface area contributed by atoms with Crippen LogP contribution in [-0.2, 0) is 4.79 Å². The number of hydrogen-bond acceptors (Lipinski definition) is 2. The molecule has 5 heteroatoms. The number of amides is 1. The number of rotatable bonds is 4. The first kappa shape index (κ1) is 14.3. The van der Waals surface area contributed by atoms with Gasteiger partial charge in [-0.2, -0.15) is 0 Å². The zero-order valence-electron chi connectivity index (χ0n) is 10.9. The van der Waals surface area contributed by atoms with E-state index in [1.807, 2.05) is 0 Å². The molecule has 0 saturated carbocycles. The van der Waals surface area contributed by atoms with Gasteiger partial charge >= 0.3 is 0 Å². The van der Waals surface area contributed by atoms with Crippen LogP contribution in [0, 0.1) is 11.2 Å². The van der Waals surface area contributed by atoms with Crippen LogP contribution in [0.1, 0.15) is 26.2 Å². The van der Waals surface area contributed by atoms with Crippen molar-refractivity contribution >= 4 is 23.2 Å². The average Bonchev–Trinajstić information content (AvgIpc) is 2.83. The van der Waals surface area contributed by atoms with Gasteiger partial charge in [-0.15, -0.1) is 0 Å². The summed E-state index contributed by atoms with van der Waals surface area (Å²) in [5.41, 5.74) is 0.0994. The highest BCUT2D eigenvalue weighted by Crippen LogP contribution is 2.33. The third-order valence-corrected chi connectivity index (χ3v) is 3.95. The molecule has 2 rings (SSSR count). The number of carbonyl (C=O) groups excluding carboxylic acids is 1. The molecule has 104 valence electrons. The van der Waals surface area contributed by atoms with Gasteiger partial charge in [-0.05, 0) is 37.6 Å². The number of benzene rings is 1. The van der Waals surface area contributed by atoms with Crippen molar-refractivity contribution < 1.29 is 9.18 Å². The first-order valence-corrected chi connectivity index (χ1v) is 6.92. The van der Waals surface area contributed by atoms with Crippen molar-refractivity contribution in [1.82, 2.24) is 5.32 Å². The molecule has 1 aliphatic rings. The predicted molar refractivity (Wildman–Crippen MR) is 74.9 cm³/mol. The molecule has 0 spiro atoms. The SMILES string of the molecule is CCCC1(C(=O)Nc2ccc(F)cc2Cl)CCNC1. The van der Waals surface area contributed by atoms with E-state index in [-0.39, 0.29) is 16.3 Å². The van der Waals surface area contributed by atoms with Crippen LogP contribution in [0.4, 0.5) is 10.1 Å². The van der Waals surface area contributed by atoms with E-state index >= 15 is 0 Å². The van der Waals surface area contributed by atoms with Gasteiger partial charge in [0, 0.05) is 6.54 Å². The topological polar surface area (TPSA) is 41.1 Å². The summed E-state index contributed by atoms with van der Waals surface area (Å²) >= 11 is 5.93. The third-order valence-electron chi connectivity index (χ3n) is 3.63. The summed E-state index contributed by atoms with van der Waals surface area (Å²) in [5, 5.41) is 6.29. The van der Waals surface area contributed by atoms with E-state index in [2.05, 4.69) is 17.6 Å². The van der Waals surface area contributed by atoms with Crippen LogP contribution in [0.3, 0.4) is 0 Å². The van der Waals surface area contributed by atoms with Gasteiger partial charge in [0.2, 0.25) is 5.91 Å². The highest BCUT2D eigenvalue weighted by molar-refractivity contribution is 6.33. The molecule has 3 nitrogen and oxygen atoms in total. The van der Waals surface area contributed by atoms with Gasteiger partial charge in [-0.1, -0.05) is 24.9 Å². The number of nitrogens with one attached hydrogen (secondary N) is 2. The molecule has 0 bridgehead atoms. The third kappa shape index (κ3) is 3.07. The Hall–Kier alpha value is -1.13. The fourth-order valence-electron chi connectivity index (χ4n) is 2.59. The summed E-state index contributed by atoms with van der Waals surface area (Å²) in [6.07, 6.45) is 2.61. The molecule has 1 aromatic rings. The molecule has 0 aromatic heterocycles. The molecule has 0 aliphatic carbocycles. The highest BCUT2D eigenvalue weighted by atomic mass is 35.5. The van der Waals surface area contributed by atoms with E-state index in [4.69, 9.17) is 11.6 Å². The first-order chi connectivity index (χ1) is 9.07. The second-order valence-electron chi connectivity index (χ2n) is 5.04. The maximum absolute atomic E-state index is 13.0. The van der Waals surface area contributed by atoms with Crippen LogP contribution in [0.2, 0.25) is 5.02 Å². The lowest BCUT2D eigenvalue weighted by molar-refractivity contribution is -0.125. The summed E-state index contributed by atoms with van der Waals surface area (Å²) in [7, 11) is 0. The molecule has 19 heavy (non-hydrogen) atoms. The van der Waals surface area contributed by atoms with E-state index in [0.717, 1.165) is 25.8 Å². The van der Waals surface area contributed by atoms with Crippen LogP contribution < -0.4 is 10.6 Å². The number of hydrogen-bond donors (Lipinski definition) is 2. The summed E-state index contributed by atoms with van der Waals surface area (Å²) in [6.45, 7) is 3.61. The lowest BCUT2D eigenvalue weighted by Crippen LogP contribution is -2.38. The largest absolute Gasteiger partial charge is 0.324 e. The maximum atomic E-state index is 13.0. The molecule has 2 N–H and O–H groups in total. The smallest absolute Gasteiger partial charge is 0.231 e. The quantitative estimate of drug-likeness (QED) is 0.891.